The first-order valence-corrected chi connectivity index (χ1v) is 7.10. The lowest BCUT2D eigenvalue weighted by Gasteiger charge is -2.19. The summed E-state index contributed by atoms with van der Waals surface area (Å²) in [4.78, 5) is 21.6. The monoisotopic (exact) mass is 256 g/mol. The molecular formula is C15H28O3. The molecule has 0 spiro atoms. The van der Waals surface area contributed by atoms with Crippen molar-refractivity contribution in [1.29, 1.82) is 0 Å². The summed E-state index contributed by atoms with van der Waals surface area (Å²) in [6, 6.07) is 0. The van der Waals surface area contributed by atoms with Gasteiger partial charge in [0.15, 0.2) is 0 Å². The van der Waals surface area contributed by atoms with Gasteiger partial charge in [0.25, 0.3) is 0 Å². The van der Waals surface area contributed by atoms with Gasteiger partial charge in [0.2, 0.25) is 0 Å². The Bertz CT molecular complexity index is 248. The summed E-state index contributed by atoms with van der Waals surface area (Å²) in [6.45, 7) is 7.19. The highest BCUT2D eigenvalue weighted by Gasteiger charge is 2.14. The van der Waals surface area contributed by atoms with Crippen LogP contribution in [-0.2, 0) is 14.3 Å². The molecule has 3 nitrogen and oxygen atoms in total. The molecule has 0 aliphatic rings. The van der Waals surface area contributed by atoms with Crippen molar-refractivity contribution in [2.75, 3.05) is 0 Å². The zero-order chi connectivity index (χ0) is 14.0. The van der Waals surface area contributed by atoms with E-state index in [4.69, 9.17) is 4.74 Å². The van der Waals surface area contributed by atoms with Gasteiger partial charge in [0.05, 0.1) is 0 Å². The standard InChI is InChI=1S/C15H28O3/c1-12(14(3)18-15(4)17)10-8-6-5-7-9-11-13(2)16/h12,14H,5-11H2,1-4H3/t12-,14?/m1/s1. The first kappa shape index (κ1) is 17.1. The Kier molecular flexibility index (Phi) is 9.62. The van der Waals surface area contributed by atoms with Gasteiger partial charge < -0.3 is 9.53 Å². The molecule has 0 saturated heterocycles. The number of ether oxygens (including phenoxy) is 1. The summed E-state index contributed by atoms with van der Waals surface area (Å²) < 4.78 is 5.16. The third kappa shape index (κ3) is 10.3. The predicted octanol–water partition coefficient (Wildman–Crippen LogP) is 3.89. The van der Waals surface area contributed by atoms with E-state index in [0.717, 1.165) is 25.7 Å². The molecule has 0 rings (SSSR count). The van der Waals surface area contributed by atoms with Gasteiger partial charge in [-0.25, -0.2) is 0 Å². The topological polar surface area (TPSA) is 43.4 Å². The molecule has 0 saturated carbocycles. The lowest BCUT2D eigenvalue weighted by molar-refractivity contribution is -0.147. The van der Waals surface area contributed by atoms with Gasteiger partial charge in [-0.15, -0.1) is 0 Å². The molecule has 0 aromatic heterocycles. The molecule has 0 aromatic carbocycles. The number of carbonyl (C=O) groups excluding carboxylic acids is 2. The first-order valence-electron chi connectivity index (χ1n) is 7.10. The molecule has 0 fully saturated rings. The molecule has 1 unspecified atom stereocenters. The molecule has 0 N–H and O–H groups in total. The van der Waals surface area contributed by atoms with Crippen LogP contribution in [0.25, 0.3) is 0 Å². The summed E-state index contributed by atoms with van der Waals surface area (Å²) in [6.07, 6.45) is 7.58. The van der Waals surface area contributed by atoms with Gasteiger partial charge in [-0.2, -0.15) is 0 Å². The summed E-state index contributed by atoms with van der Waals surface area (Å²) in [5.41, 5.74) is 0. The molecule has 106 valence electrons. The van der Waals surface area contributed by atoms with Crippen molar-refractivity contribution in [1.82, 2.24) is 0 Å². The lowest BCUT2D eigenvalue weighted by atomic mass is 9.97. The second kappa shape index (κ2) is 10.1. The van der Waals surface area contributed by atoms with E-state index in [2.05, 4.69) is 6.92 Å². The molecule has 0 aromatic rings. The van der Waals surface area contributed by atoms with Crippen LogP contribution < -0.4 is 0 Å². The number of ketones is 1. The van der Waals surface area contributed by atoms with Crippen molar-refractivity contribution in [3.63, 3.8) is 0 Å². The fourth-order valence-electron chi connectivity index (χ4n) is 1.98. The second-order valence-electron chi connectivity index (χ2n) is 5.30. The van der Waals surface area contributed by atoms with Crippen LogP contribution in [0.1, 0.15) is 72.6 Å². The summed E-state index contributed by atoms with van der Waals surface area (Å²) in [7, 11) is 0. The van der Waals surface area contributed by atoms with Gasteiger partial charge in [0, 0.05) is 13.3 Å². The Morgan fingerprint density at radius 3 is 2.06 bits per heavy atom. The van der Waals surface area contributed by atoms with E-state index in [1.165, 1.54) is 26.2 Å². The first-order chi connectivity index (χ1) is 8.43. The summed E-state index contributed by atoms with van der Waals surface area (Å²) in [5, 5.41) is 0. The van der Waals surface area contributed by atoms with E-state index in [1.54, 1.807) is 6.92 Å². The minimum absolute atomic E-state index is 0.0141. The number of hydrogen-bond acceptors (Lipinski definition) is 3. The number of rotatable bonds is 10. The SMILES string of the molecule is CC(=O)CCCCCCC[C@@H](C)C(C)OC(C)=O. The maximum Gasteiger partial charge on any atom is 0.302 e. The third-order valence-electron chi connectivity index (χ3n) is 3.34. The van der Waals surface area contributed by atoms with E-state index < -0.39 is 0 Å². The Labute approximate surface area is 111 Å². The van der Waals surface area contributed by atoms with E-state index >= 15 is 0 Å². The number of hydrogen-bond donors (Lipinski definition) is 0. The number of esters is 1. The van der Waals surface area contributed by atoms with E-state index in [0.29, 0.717) is 11.7 Å². The van der Waals surface area contributed by atoms with Gasteiger partial charge >= 0.3 is 5.97 Å². The largest absolute Gasteiger partial charge is 0.463 e. The Morgan fingerprint density at radius 1 is 0.944 bits per heavy atom. The number of unbranched alkanes of at least 4 members (excludes halogenated alkanes) is 4. The average molecular weight is 256 g/mol. The van der Waals surface area contributed by atoms with Crippen LogP contribution in [0.4, 0.5) is 0 Å². The highest BCUT2D eigenvalue weighted by molar-refractivity contribution is 5.75. The van der Waals surface area contributed by atoms with Crippen LogP contribution in [0.3, 0.4) is 0 Å². The minimum atomic E-state index is -0.196. The minimum Gasteiger partial charge on any atom is -0.463 e. The fourth-order valence-corrected chi connectivity index (χ4v) is 1.98. The second-order valence-corrected chi connectivity index (χ2v) is 5.30. The van der Waals surface area contributed by atoms with Crippen LogP contribution in [0.2, 0.25) is 0 Å². The number of carbonyl (C=O) groups is 2. The lowest BCUT2D eigenvalue weighted by Crippen LogP contribution is -2.20. The predicted molar refractivity (Wildman–Crippen MR) is 73.4 cm³/mol. The molecule has 0 aliphatic carbocycles. The van der Waals surface area contributed by atoms with E-state index in [9.17, 15) is 9.59 Å². The molecule has 0 bridgehead atoms. The molecule has 0 radical (unpaired) electrons. The van der Waals surface area contributed by atoms with Crippen molar-refractivity contribution in [3.8, 4) is 0 Å². The Balaban J connectivity index is 3.42. The smallest absolute Gasteiger partial charge is 0.302 e. The maximum absolute atomic E-state index is 10.8. The molecule has 3 heteroatoms. The zero-order valence-electron chi connectivity index (χ0n) is 12.3. The van der Waals surface area contributed by atoms with Crippen LogP contribution in [0, 0.1) is 5.92 Å². The van der Waals surface area contributed by atoms with Crippen molar-refractivity contribution in [2.45, 2.75) is 78.7 Å². The van der Waals surface area contributed by atoms with Gasteiger partial charge in [0.1, 0.15) is 11.9 Å². The van der Waals surface area contributed by atoms with Crippen LogP contribution in [0.5, 0.6) is 0 Å². The molecule has 2 atom stereocenters. The Hall–Kier alpha value is -0.860. The normalized spacial score (nSPS) is 14.0. The molecule has 0 aliphatic heterocycles. The maximum atomic E-state index is 10.8. The molecule has 0 heterocycles. The van der Waals surface area contributed by atoms with E-state index in [-0.39, 0.29) is 12.1 Å². The fraction of sp³-hybridized carbons (Fsp3) is 0.867. The highest BCUT2D eigenvalue weighted by atomic mass is 16.5. The number of Topliss-reactive ketones (excluding diaryl/α,β-unsaturated/α-hetero) is 1. The zero-order valence-corrected chi connectivity index (χ0v) is 12.3. The van der Waals surface area contributed by atoms with Gasteiger partial charge in [-0.05, 0) is 32.6 Å². The highest BCUT2D eigenvalue weighted by Crippen LogP contribution is 2.17. The quantitative estimate of drug-likeness (QED) is 0.440. The summed E-state index contributed by atoms with van der Waals surface area (Å²) in [5.74, 6) is 0.517. The van der Waals surface area contributed by atoms with Crippen LogP contribution in [-0.4, -0.2) is 17.9 Å². The molecule has 18 heavy (non-hydrogen) atoms. The van der Waals surface area contributed by atoms with Crippen molar-refractivity contribution < 1.29 is 14.3 Å². The molecule has 0 amide bonds. The van der Waals surface area contributed by atoms with Crippen molar-refractivity contribution in [3.05, 3.63) is 0 Å². The summed E-state index contributed by atoms with van der Waals surface area (Å²) >= 11 is 0. The van der Waals surface area contributed by atoms with E-state index in [1.807, 2.05) is 6.92 Å². The van der Waals surface area contributed by atoms with Gasteiger partial charge in [-0.3, -0.25) is 4.79 Å². The molecular weight excluding hydrogens is 228 g/mol. The van der Waals surface area contributed by atoms with Crippen LogP contribution in [0.15, 0.2) is 0 Å². The van der Waals surface area contributed by atoms with Crippen molar-refractivity contribution in [2.24, 2.45) is 5.92 Å². The average Bonchev–Trinajstić information content (AvgIpc) is 2.26. The third-order valence-corrected chi connectivity index (χ3v) is 3.34. The van der Waals surface area contributed by atoms with Crippen LogP contribution >= 0.6 is 0 Å². The Morgan fingerprint density at radius 2 is 1.50 bits per heavy atom. The van der Waals surface area contributed by atoms with Crippen molar-refractivity contribution >= 4 is 11.8 Å². The van der Waals surface area contributed by atoms with Gasteiger partial charge in [-0.1, -0.05) is 32.6 Å².